The standard InChI is InChI=1S/C15H14N4O3S/c1-9-6-19(15(22)18-14(9)21)7-12(20)16-5-10-3-2-4-11-13(10)23-8-17-11/h2-4,6,8H,5,7H2,1H3,(H,16,20)(H,18,21,22). The van der Waals surface area contributed by atoms with Crippen molar-refractivity contribution in [2.45, 2.75) is 20.0 Å². The molecule has 7 nitrogen and oxygen atoms in total. The summed E-state index contributed by atoms with van der Waals surface area (Å²) in [7, 11) is 0. The Morgan fingerprint density at radius 2 is 2.22 bits per heavy atom. The van der Waals surface area contributed by atoms with E-state index < -0.39 is 11.2 Å². The number of hydrogen-bond acceptors (Lipinski definition) is 5. The fraction of sp³-hybridized carbons (Fsp3) is 0.200. The maximum Gasteiger partial charge on any atom is 0.328 e. The second kappa shape index (κ2) is 6.17. The number of hydrogen-bond donors (Lipinski definition) is 2. The van der Waals surface area contributed by atoms with Crippen LogP contribution in [0.15, 0.2) is 39.5 Å². The number of carbonyl (C=O) groups is 1. The summed E-state index contributed by atoms with van der Waals surface area (Å²) < 4.78 is 2.21. The van der Waals surface area contributed by atoms with Crippen LogP contribution in [0, 0.1) is 6.92 Å². The molecule has 0 radical (unpaired) electrons. The van der Waals surface area contributed by atoms with Gasteiger partial charge < -0.3 is 5.32 Å². The lowest BCUT2D eigenvalue weighted by Crippen LogP contribution is -2.36. The van der Waals surface area contributed by atoms with Gasteiger partial charge in [0.15, 0.2) is 0 Å². The van der Waals surface area contributed by atoms with E-state index in [4.69, 9.17) is 0 Å². The molecule has 2 heterocycles. The third kappa shape index (κ3) is 3.21. The Balaban J connectivity index is 1.71. The predicted molar refractivity (Wildman–Crippen MR) is 87.5 cm³/mol. The van der Waals surface area contributed by atoms with E-state index in [1.807, 2.05) is 18.2 Å². The lowest BCUT2D eigenvalue weighted by atomic mass is 10.2. The van der Waals surface area contributed by atoms with Crippen molar-refractivity contribution in [3.63, 3.8) is 0 Å². The number of benzene rings is 1. The highest BCUT2D eigenvalue weighted by atomic mass is 32.1. The van der Waals surface area contributed by atoms with Gasteiger partial charge in [-0.1, -0.05) is 12.1 Å². The van der Waals surface area contributed by atoms with Crippen molar-refractivity contribution >= 4 is 27.5 Å². The van der Waals surface area contributed by atoms with Crippen molar-refractivity contribution in [2.24, 2.45) is 0 Å². The van der Waals surface area contributed by atoms with Gasteiger partial charge in [0, 0.05) is 18.3 Å². The van der Waals surface area contributed by atoms with Crippen LogP contribution in [0.2, 0.25) is 0 Å². The number of rotatable bonds is 4. The molecule has 0 aliphatic rings. The van der Waals surface area contributed by atoms with Gasteiger partial charge in [-0.25, -0.2) is 9.78 Å². The topological polar surface area (TPSA) is 96.8 Å². The molecule has 0 atom stereocenters. The van der Waals surface area contributed by atoms with Crippen molar-refractivity contribution in [3.05, 3.63) is 61.9 Å². The average molecular weight is 330 g/mol. The van der Waals surface area contributed by atoms with Crippen molar-refractivity contribution in [1.29, 1.82) is 0 Å². The number of fused-ring (bicyclic) bond motifs is 1. The van der Waals surface area contributed by atoms with Crippen LogP contribution in [0.4, 0.5) is 0 Å². The second-order valence-electron chi connectivity index (χ2n) is 5.09. The van der Waals surface area contributed by atoms with Gasteiger partial charge in [-0.2, -0.15) is 0 Å². The molecule has 0 saturated carbocycles. The lowest BCUT2D eigenvalue weighted by molar-refractivity contribution is -0.121. The number of aryl methyl sites for hydroxylation is 1. The summed E-state index contributed by atoms with van der Waals surface area (Å²) in [5.41, 5.74) is 2.98. The largest absolute Gasteiger partial charge is 0.350 e. The summed E-state index contributed by atoms with van der Waals surface area (Å²) in [5.74, 6) is -0.305. The zero-order valence-electron chi connectivity index (χ0n) is 12.3. The molecule has 118 valence electrons. The first-order valence-electron chi connectivity index (χ1n) is 6.93. The smallest absolute Gasteiger partial charge is 0.328 e. The van der Waals surface area contributed by atoms with Crippen molar-refractivity contribution < 1.29 is 4.79 Å². The van der Waals surface area contributed by atoms with E-state index in [0.29, 0.717) is 12.1 Å². The monoisotopic (exact) mass is 330 g/mol. The van der Waals surface area contributed by atoms with E-state index >= 15 is 0 Å². The van der Waals surface area contributed by atoms with Crippen LogP contribution in [0.5, 0.6) is 0 Å². The summed E-state index contributed by atoms with van der Waals surface area (Å²) in [4.78, 5) is 41.4. The first-order chi connectivity index (χ1) is 11.0. The molecule has 1 amide bonds. The Kier molecular flexibility index (Phi) is 4.07. The maximum atomic E-state index is 12.0. The summed E-state index contributed by atoms with van der Waals surface area (Å²) in [6.45, 7) is 1.79. The van der Waals surface area contributed by atoms with Crippen LogP contribution in [0.25, 0.3) is 10.2 Å². The summed E-state index contributed by atoms with van der Waals surface area (Å²) in [6, 6.07) is 5.73. The van der Waals surface area contributed by atoms with Crippen LogP contribution in [-0.4, -0.2) is 20.4 Å². The molecule has 0 fully saturated rings. The molecule has 0 bridgehead atoms. The molecule has 0 saturated heterocycles. The highest BCUT2D eigenvalue weighted by Gasteiger charge is 2.08. The van der Waals surface area contributed by atoms with E-state index in [9.17, 15) is 14.4 Å². The zero-order chi connectivity index (χ0) is 16.4. The third-order valence-corrected chi connectivity index (χ3v) is 4.33. The van der Waals surface area contributed by atoms with Crippen LogP contribution in [0.3, 0.4) is 0 Å². The Labute approximate surface area is 134 Å². The van der Waals surface area contributed by atoms with E-state index in [-0.39, 0.29) is 12.5 Å². The molecular weight excluding hydrogens is 316 g/mol. The molecule has 23 heavy (non-hydrogen) atoms. The molecule has 8 heteroatoms. The van der Waals surface area contributed by atoms with E-state index in [1.165, 1.54) is 22.1 Å². The lowest BCUT2D eigenvalue weighted by Gasteiger charge is -2.08. The first kappa shape index (κ1) is 15.2. The van der Waals surface area contributed by atoms with Gasteiger partial charge in [0.1, 0.15) is 6.54 Å². The van der Waals surface area contributed by atoms with Gasteiger partial charge in [-0.3, -0.25) is 19.1 Å². The van der Waals surface area contributed by atoms with Crippen molar-refractivity contribution in [2.75, 3.05) is 0 Å². The number of aromatic nitrogens is 3. The first-order valence-corrected chi connectivity index (χ1v) is 7.81. The molecule has 3 rings (SSSR count). The van der Waals surface area contributed by atoms with Crippen molar-refractivity contribution in [1.82, 2.24) is 19.9 Å². The third-order valence-electron chi connectivity index (χ3n) is 3.42. The summed E-state index contributed by atoms with van der Waals surface area (Å²) >= 11 is 1.52. The summed E-state index contributed by atoms with van der Waals surface area (Å²) in [6.07, 6.45) is 1.38. The normalized spacial score (nSPS) is 10.8. The molecule has 0 aliphatic carbocycles. The second-order valence-corrected chi connectivity index (χ2v) is 5.95. The van der Waals surface area contributed by atoms with Gasteiger partial charge >= 0.3 is 5.69 Å². The number of nitrogens with zero attached hydrogens (tertiary/aromatic N) is 2. The highest BCUT2D eigenvalue weighted by molar-refractivity contribution is 7.16. The van der Waals surface area contributed by atoms with E-state index in [0.717, 1.165) is 15.8 Å². The van der Waals surface area contributed by atoms with Crippen molar-refractivity contribution in [3.8, 4) is 0 Å². The zero-order valence-corrected chi connectivity index (χ0v) is 13.1. The maximum absolute atomic E-state index is 12.0. The Hall–Kier alpha value is -2.74. The quantitative estimate of drug-likeness (QED) is 0.738. The Morgan fingerprint density at radius 3 is 3.04 bits per heavy atom. The van der Waals surface area contributed by atoms with Gasteiger partial charge in [-0.05, 0) is 18.6 Å². The summed E-state index contributed by atoms with van der Waals surface area (Å²) in [5, 5.41) is 2.78. The highest BCUT2D eigenvalue weighted by Crippen LogP contribution is 2.21. The van der Waals surface area contributed by atoms with E-state index in [1.54, 1.807) is 12.4 Å². The fourth-order valence-corrected chi connectivity index (χ4v) is 3.03. The molecule has 2 aromatic heterocycles. The number of aromatic amines is 1. The SMILES string of the molecule is Cc1cn(CC(=O)NCc2cccc3ncsc23)c(=O)[nH]c1=O. The van der Waals surface area contributed by atoms with Crippen LogP contribution >= 0.6 is 11.3 Å². The van der Waals surface area contributed by atoms with Gasteiger partial charge in [-0.15, -0.1) is 11.3 Å². The molecule has 1 aromatic carbocycles. The molecule has 0 unspecified atom stereocenters. The number of nitrogens with one attached hydrogen (secondary N) is 2. The minimum atomic E-state index is -0.597. The number of H-pyrrole nitrogens is 1. The fourth-order valence-electron chi connectivity index (χ4n) is 2.22. The molecular formula is C15H14N4O3S. The minimum Gasteiger partial charge on any atom is -0.350 e. The minimum absolute atomic E-state index is 0.144. The van der Waals surface area contributed by atoms with Gasteiger partial charge in [0.25, 0.3) is 5.56 Å². The number of amides is 1. The van der Waals surface area contributed by atoms with E-state index in [2.05, 4.69) is 15.3 Å². The Bertz CT molecular complexity index is 986. The average Bonchev–Trinajstić information content (AvgIpc) is 2.99. The Morgan fingerprint density at radius 1 is 1.39 bits per heavy atom. The predicted octanol–water partition coefficient (Wildman–Crippen LogP) is 0.771. The molecule has 0 spiro atoms. The van der Waals surface area contributed by atoms with Crippen LogP contribution in [0.1, 0.15) is 11.1 Å². The number of carbonyl (C=O) groups excluding carboxylic acids is 1. The molecule has 2 N–H and O–H groups in total. The molecule has 0 aliphatic heterocycles. The molecule has 3 aromatic rings. The van der Waals surface area contributed by atoms with Gasteiger partial charge in [0.2, 0.25) is 5.91 Å². The van der Waals surface area contributed by atoms with Crippen LogP contribution in [-0.2, 0) is 17.9 Å². The number of thiazole rings is 1. The van der Waals surface area contributed by atoms with Crippen LogP contribution < -0.4 is 16.6 Å². The van der Waals surface area contributed by atoms with Gasteiger partial charge in [0.05, 0.1) is 15.7 Å².